The Bertz CT molecular complexity index is 1110. The molecule has 1 aromatic heterocycles. The van der Waals surface area contributed by atoms with Gasteiger partial charge in [-0.3, -0.25) is 0 Å². The van der Waals surface area contributed by atoms with Gasteiger partial charge >= 0.3 is 12.3 Å². The molecule has 33 heavy (non-hydrogen) atoms. The average molecular weight is 545 g/mol. The summed E-state index contributed by atoms with van der Waals surface area (Å²) in [6.45, 7) is 0.683. The second-order valence-corrected chi connectivity index (χ2v) is 8.41. The van der Waals surface area contributed by atoms with Crippen molar-refractivity contribution in [3.63, 3.8) is 0 Å². The zero-order valence-corrected chi connectivity index (χ0v) is 19.7. The SMILES string of the molecule is FC(F)(F)c1ccc2oc(OCCCCOc3c(Cl)cc(OCC=C(Cl)Cl)cc3Cl)nc2c1. The third kappa shape index (κ3) is 7.50. The minimum atomic E-state index is -4.46. The number of unbranched alkanes of at least 4 members (excludes halogenated alkanes) is 1. The number of benzene rings is 2. The Balaban J connectivity index is 1.44. The number of hydrogen-bond acceptors (Lipinski definition) is 5. The topological polar surface area (TPSA) is 53.7 Å². The van der Waals surface area contributed by atoms with E-state index in [1.165, 1.54) is 12.1 Å². The Morgan fingerprint density at radius 2 is 1.64 bits per heavy atom. The summed E-state index contributed by atoms with van der Waals surface area (Å²) in [5, 5.41) is 0.554. The molecular weight excluding hydrogens is 529 g/mol. The molecule has 5 nitrogen and oxygen atoms in total. The fourth-order valence-corrected chi connectivity index (χ4v) is 3.34. The number of hydrogen-bond donors (Lipinski definition) is 0. The number of aromatic nitrogens is 1. The van der Waals surface area contributed by atoms with E-state index in [-0.39, 0.29) is 44.9 Å². The van der Waals surface area contributed by atoms with Crippen LogP contribution in [0.3, 0.4) is 0 Å². The highest BCUT2D eigenvalue weighted by molar-refractivity contribution is 6.55. The highest BCUT2D eigenvalue weighted by Crippen LogP contribution is 2.37. The summed E-state index contributed by atoms with van der Waals surface area (Å²) in [6, 6.07) is 6.15. The molecule has 0 bridgehead atoms. The van der Waals surface area contributed by atoms with Crippen LogP contribution in [0.1, 0.15) is 18.4 Å². The van der Waals surface area contributed by atoms with Crippen LogP contribution >= 0.6 is 46.4 Å². The van der Waals surface area contributed by atoms with Crippen LogP contribution in [-0.2, 0) is 6.18 Å². The first-order chi connectivity index (χ1) is 15.6. The summed E-state index contributed by atoms with van der Waals surface area (Å²) in [5.74, 6) is 0.745. The van der Waals surface area contributed by atoms with Gasteiger partial charge < -0.3 is 18.6 Å². The second-order valence-electron chi connectivity index (χ2n) is 6.58. The van der Waals surface area contributed by atoms with E-state index in [4.69, 9.17) is 65.0 Å². The van der Waals surface area contributed by atoms with E-state index in [0.29, 0.717) is 30.9 Å². The molecule has 0 unspecified atom stereocenters. The Kier molecular flexibility index (Phi) is 8.87. The highest BCUT2D eigenvalue weighted by Gasteiger charge is 2.31. The summed E-state index contributed by atoms with van der Waals surface area (Å²) in [7, 11) is 0. The lowest BCUT2D eigenvalue weighted by atomic mass is 10.2. The molecule has 0 atom stereocenters. The molecule has 0 N–H and O–H groups in total. The summed E-state index contributed by atoms with van der Waals surface area (Å²) in [6.07, 6.45) is -1.94. The summed E-state index contributed by atoms with van der Waals surface area (Å²) in [4.78, 5) is 3.93. The molecule has 0 amide bonds. The molecule has 12 heteroatoms. The molecular formula is C21H16Cl4F3NO4. The van der Waals surface area contributed by atoms with Crippen molar-refractivity contribution < 1.29 is 31.8 Å². The lowest BCUT2D eigenvalue weighted by molar-refractivity contribution is -0.137. The molecule has 0 aliphatic rings. The molecule has 3 rings (SSSR count). The molecule has 0 saturated carbocycles. The van der Waals surface area contributed by atoms with Crippen molar-refractivity contribution in [1.82, 2.24) is 4.98 Å². The van der Waals surface area contributed by atoms with Crippen LogP contribution < -0.4 is 14.2 Å². The predicted molar refractivity (Wildman–Crippen MR) is 121 cm³/mol. The van der Waals surface area contributed by atoms with E-state index in [2.05, 4.69) is 4.98 Å². The van der Waals surface area contributed by atoms with Crippen molar-refractivity contribution in [2.75, 3.05) is 19.8 Å². The van der Waals surface area contributed by atoms with Gasteiger partial charge in [-0.15, -0.1) is 0 Å². The minimum Gasteiger partial charge on any atom is -0.490 e. The lowest BCUT2D eigenvalue weighted by Crippen LogP contribution is -2.04. The van der Waals surface area contributed by atoms with Gasteiger partial charge in [0.25, 0.3) is 0 Å². The van der Waals surface area contributed by atoms with E-state index in [9.17, 15) is 13.2 Å². The van der Waals surface area contributed by atoms with Crippen molar-refractivity contribution in [3.8, 4) is 17.6 Å². The van der Waals surface area contributed by atoms with Crippen LogP contribution in [0.4, 0.5) is 13.2 Å². The van der Waals surface area contributed by atoms with Gasteiger partial charge in [-0.2, -0.15) is 18.2 Å². The molecule has 0 aliphatic heterocycles. The highest BCUT2D eigenvalue weighted by atomic mass is 35.5. The van der Waals surface area contributed by atoms with E-state index < -0.39 is 11.7 Å². The van der Waals surface area contributed by atoms with E-state index in [1.54, 1.807) is 12.1 Å². The van der Waals surface area contributed by atoms with Crippen LogP contribution in [0.2, 0.25) is 10.0 Å². The van der Waals surface area contributed by atoms with Crippen molar-refractivity contribution in [2.24, 2.45) is 0 Å². The number of oxazole rings is 1. The van der Waals surface area contributed by atoms with Crippen molar-refractivity contribution in [1.29, 1.82) is 0 Å². The lowest BCUT2D eigenvalue weighted by Gasteiger charge is -2.12. The quantitative estimate of drug-likeness (QED) is 0.241. The summed E-state index contributed by atoms with van der Waals surface area (Å²) in [5.41, 5.74) is -0.526. The zero-order chi connectivity index (χ0) is 24.0. The third-order valence-electron chi connectivity index (χ3n) is 4.17. The first-order valence-electron chi connectivity index (χ1n) is 9.50. The maximum Gasteiger partial charge on any atom is 0.416 e. The predicted octanol–water partition coefficient (Wildman–Crippen LogP) is 8.09. The number of nitrogens with zero attached hydrogens (tertiary/aromatic N) is 1. The largest absolute Gasteiger partial charge is 0.490 e. The third-order valence-corrected chi connectivity index (χ3v) is 5.04. The van der Waals surface area contributed by atoms with Crippen molar-refractivity contribution in [2.45, 2.75) is 19.0 Å². The Morgan fingerprint density at radius 1 is 0.970 bits per heavy atom. The fraction of sp³-hybridized carbons (Fsp3) is 0.286. The Labute approximate surface area is 206 Å². The van der Waals surface area contributed by atoms with Crippen LogP contribution in [0.25, 0.3) is 11.1 Å². The number of alkyl halides is 3. The van der Waals surface area contributed by atoms with Gasteiger partial charge in [0.05, 0.1) is 28.8 Å². The number of rotatable bonds is 10. The van der Waals surface area contributed by atoms with Gasteiger partial charge in [-0.1, -0.05) is 46.4 Å². The first-order valence-corrected chi connectivity index (χ1v) is 11.0. The van der Waals surface area contributed by atoms with Gasteiger partial charge in [0.1, 0.15) is 22.4 Å². The second kappa shape index (κ2) is 11.4. The zero-order valence-electron chi connectivity index (χ0n) is 16.7. The summed E-state index contributed by atoms with van der Waals surface area (Å²) < 4.78 is 60.2. The van der Waals surface area contributed by atoms with Crippen LogP contribution in [0.5, 0.6) is 17.6 Å². The normalized spacial score (nSPS) is 11.5. The van der Waals surface area contributed by atoms with Gasteiger partial charge in [0.2, 0.25) is 0 Å². The fourth-order valence-electron chi connectivity index (χ4n) is 2.64. The standard InChI is InChI=1S/C21H16Cl4F3NO4/c22-14-10-13(30-8-5-18(24)25)11-15(23)19(14)31-6-1-2-7-32-20-29-16-9-12(21(26,27)28)3-4-17(16)33-20/h3-5,9-11H,1-2,6-8H2. The molecule has 0 fully saturated rings. The maximum absolute atomic E-state index is 12.8. The van der Waals surface area contributed by atoms with Gasteiger partial charge in [0, 0.05) is 12.1 Å². The van der Waals surface area contributed by atoms with E-state index in [1.807, 2.05) is 0 Å². The number of fused-ring (bicyclic) bond motifs is 1. The summed E-state index contributed by atoms with van der Waals surface area (Å²) >= 11 is 23.4. The molecule has 1 heterocycles. The van der Waals surface area contributed by atoms with Crippen LogP contribution in [-0.4, -0.2) is 24.8 Å². The molecule has 2 aromatic carbocycles. The maximum atomic E-state index is 12.8. The molecule has 0 saturated heterocycles. The monoisotopic (exact) mass is 543 g/mol. The molecule has 0 spiro atoms. The van der Waals surface area contributed by atoms with Crippen LogP contribution in [0.15, 0.2) is 45.3 Å². The van der Waals surface area contributed by atoms with Crippen molar-refractivity contribution >= 4 is 57.5 Å². The molecule has 178 valence electrons. The number of halogens is 7. The molecule has 0 aliphatic carbocycles. The smallest absolute Gasteiger partial charge is 0.416 e. The van der Waals surface area contributed by atoms with Gasteiger partial charge in [-0.05, 0) is 37.1 Å². The minimum absolute atomic E-state index is 0.0710. The molecule has 0 radical (unpaired) electrons. The Hall–Kier alpha value is -2.00. The average Bonchev–Trinajstić information content (AvgIpc) is 3.13. The van der Waals surface area contributed by atoms with E-state index in [0.717, 1.165) is 12.1 Å². The van der Waals surface area contributed by atoms with E-state index >= 15 is 0 Å². The Morgan fingerprint density at radius 3 is 2.27 bits per heavy atom. The number of ether oxygens (including phenoxy) is 3. The molecule has 3 aromatic rings. The van der Waals surface area contributed by atoms with Gasteiger partial charge in [-0.25, -0.2) is 0 Å². The first kappa shape index (κ1) is 25.6. The van der Waals surface area contributed by atoms with Gasteiger partial charge in [0.15, 0.2) is 11.3 Å². The van der Waals surface area contributed by atoms with Crippen molar-refractivity contribution in [3.05, 3.63) is 56.5 Å². The van der Waals surface area contributed by atoms with Crippen LogP contribution in [0, 0.1) is 0 Å².